The Morgan fingerprint density at radius 1 is 1.26 bits per heavy atom. The molecule has 7 nitrogen and oxygen atoms in total. The summed E-state index contributed by atoms with van der Waals surface area (Å²) in [6, 6.07) is 11.5. The zero-order valence-corrected chi connectivity index (χ0v) is 12.8. The smallest absolute Gasteiger partial charge is 0.271 e. The molecule has 0 aliphatic rings. The lowest BCUT2D eigenvalue weighted by Gasteiger charge is -2.12. The van der Waals surface area contributed by atoms with Gasteiger partial charge < -0.3 is 15.4 Å². The number of hydrogen-bond donors (Lipinski definition) is 2. The molecule has 0 saturated heterocycles. The van der Waals surface area contributed by atoms with Gasteiger partial charge in [0, 0.05) is 17.8 Å². The lowest BCUT2D eigenvalue weighted by Crippen LogP contribution is -2.22. The maximum Gasteiger partial charge on any atom is 0.271 e. The third kappa shape index (κ3) is 4.44. The van der Waals surface area contributed by atoms with Gasteiger partial charge >= 0.3 is 0 Å². The molecule has 0 aromatic heterocycles. The number of carbonyl (C=O) groups excluding carboxylic acids is 1. The molecule has 0 aliphatic carbocycles. The first-order chi connectivity index (χ1) is 11.0. The Kier molecular flexibility index (Phi) is 5.14. The molecule has 0 fully saturated rings. The van der Waals surface area contributed by atoms with Crippen molar-refractivity contribution in [3.63, 3.8) is 0 Å². The van der Waals surface area contributed by atoms with Crippen LogP contribution in [0.5, 0.6) is 5.75 Å². The molecular formula is C16H17N3O4. The number of nitro benzene ring substituents is 1. The Morgan fingerprint density at radius 3 is 2.74 bits per heavy atom. The van der Waals surface area contributed by atoms with Crippen LogP contribution >= 0.6 is 0 Å². The fourth-order valence-corrected chi connectivity index (χ4v) is 2.03. The van der Waals surface area contributed by atoms with E-state index in [1.54, 1.807) is 18.2 Å². The van der Waals surface area contributed by atoms with Crippen LogP contribution in [0.25, 0.3) is 0 Å². The summed E-state index contributed by atoms with van der Waals surface area (Å²) in [5, 5.41) is 16.3. The predicted octanol–water partition coefficient (Wildman–Crippen LogP) is 2.96. The molecule has 7 heteroatoms. The average Bonchev–Trinajstić information content (AvgIpc) is 2.53. The summed E-state index contributed by atoms with van der Waals surface area (Å²) in [5.74, 6) is 0.291. The van der Waals surface area contributed by atoms with E-state index in [-0.39, 0.29) is 18.1 Å². The van der Waals surface area contributed by atoms with E-state index in [9.17, 15) is 14.9 Å². The number of hydrogen-bond acceptors (Lipinski definition) is 5. The molecule has 0 heterocycles. The van der Waals surface area contributed by atoms with Crippen molar-refractivity contribution in [3.05, 3.63) is 58.1 Å². The molecule has 0 bridgehead atoms. The molecule has 0 unspecified atom stereocenters. The lowest BCUT2D eigenvalue weighted by atomic mass is 10.2. The summed E-state index contributed by atoms with van der Waals surface area (Å²) in [6.07, 6.45) is 0. The third-order valence-corrected chi connectivity index (χ3v) is 3.14. The number of amides is 1. The van der Waals surface area contributed by atoms with Gasteiger partial charge in [-0.05, 0) is 30.7 Å². The first kappa shape index (κ1) is 16.3. The third-order valence-electron chi connectivity index (χ3n) is 3.14. The van der Waals surface area contributed by atoms with Crippen molar-refractivity contribution in [3.8, 4) is 5.75 Å². The van der Waals surface area contributed by atoms with Gasteiger partial charge in [-0.2, -0.15) is 0 Å². The fourth-order valence-electron chi connectivity index (χ4n) is 2.03. The van der Waals surface area contributed by atoms with E-state index in [1.807, 2.05) is 19.1 Å². The molecule has 2 N–H and O–H groups in total. The van der Waals surface area contributed by atoms with Gasteiger partial charge in [-0.1, -0.05) is 12.1 Å². The summed E-state index contributed by atoms with van der Waals surface area (Å²) >= 11 is 0. The zero-order valence-electron chi connectivity index (χ0n) is 12.8. The highest BCUT2D eigenvalue weighted by atomic mass is 16.6. The Bertz CT molecular complexity index is 731. The van der Waals surface area contributed by atoms with Crippen LogP contribution in [0.1, 0.15) is 5.56 Å². The van der Waals surface area contributed by atoms with Gasteiger partial charge in [-0.25, -0.2) is 0 Å². The molecule has 0 atom stereocenters. The highest BCUT2D eigenvalue weighted by Crippen LogP contribution is 2.25. The van der Waals surface area contributed by atoms with E-state index in [0.29, 0.717) is 17.1 Å². The number of nitrogens with one attached hydrogen (secondary N) is 2. The quantitative estimate of drug-likeness (QED) is 0.631. The number of anilines is 2. The molecule has 0 spiro atoms. The lowest BCUT2D eigenvalue weighted by molar-refractivity contribution is -0.384. The van der Waals surface area contributed by atoms with Crippen LogP contribution in [-0.4, -0.2) is 24.5 Å². The van der Waals surface area contributed by atoms with Crippen molar-refractivity contribution < 1.29 is 14.5 Å². The van der Waals surface area contributed by atoms with Crippen LogP contribution in [0.3, 0.4) is 0 Å². The molecule has 2 rings (SSSR count). The summed E-state index contributed by atoms with van der Waals surface area (Å²) in [7, 11) is 1.53. The summed E-state index contributed by atoms with van der Waals surface area (Å²) in [4.78, 5) is 22.3. The first-order valence-electron chi connectivity index (χ1n) is 6.92. The zero-order chi connectivity index (χ0) is 16.8. The standard InChI is InChI=1S/C16H17N3O4/c1-11-6-7-15(23-2)14(8-11)18-16(20)10-17-12-4-3-5-13(9-12)19(21)22/h3-9,17H,10H2,1-2H3,(H,18,20). The van der Waals surface area contributed by atoms with Gasteiger partial charge in [0.15, 0.2) is 0 Å². The Morgan fingerprint density at radius 2 is 2.04 bits per heavy atom. The van der Waals surface area contributed by atoms with Crippen LogP contribution in [0, 0.1) is 17.0 Å². The summed E-state index contributed by atoms with van der Waals surface area (Å²) < 4.78 is 5.20. The van der Waals surface area contributed by atoms with Gasteiger partial charge in [-0.3, -0.25) is 14.9 Å². The van der Waals surface area contributed by atoms with Crippen molar-refractivity contribution >= 4 is 23.0 Å². The van der Waals surface area contributed by atoms with E-state index in [1.165, 1.54) is 19.2 Å². The molecule has 2 aromatic carbocycles. The summed E-state index contributed by atoms with van der Waals surface area (Å²) in [5.41, 5.74) is 2.05. The van der Waals surface area contributed by atoms with Gasteiger partial charge in [0.25, 0.3) is 5.69 Å². The minimum absolute atomic E-state index is 0.0156. The van der Waals surface area contributed by atoms with E-state index >= 15 is 0 Å². The maximum absolute atomic E-state index is 12.0. The van der Waals surface area contributed by atoms with Crippen LogP contribution in [0.4, 0.5) is 17.1 Å². The molecular weight excluding hydrogens is 298 g/mol. The molecule has 120 valence electrons. The Labute approximate surface area is 133 Å². The Hall–Kier alpha value is -3.09. The van der Waals surface area contributed by atoms with Crippen LogP contribution in [0.15, 0.2) is 42.5 Å². The number of ether oxygens (including phenoxy) is 1. The van der Waals surface area contributed by atoms with Gasteiger partial charge in [0.1, 0.15) is 5.75 Å². The molecule has 1 amide bonds. The van der Waals surface area contributed by atoms with Gasteiger partial charge in [0.2, 0.25) is 5.91 Å². The van der Waals surface area contributed by atoms with Crippen molar-refractivity contribution in [2.24, 2.45) is 0 Å². The van der Waals surface area contributed by atoms with Crippen LogP contribution < -0.4 is 15.4 Å². The molecule has 0 saturated carbocycles. The number of rotatable bonds is 6. The highest BCUT2D eigenvalue weighted by molar-refractivity contribution is 5.95. The number of carbonyl (C=O) groups is 1. The van der Waals surface area contributed by atoms with E-state index in [4.69, 9.17) is 4.74 Å². The number of aryl methyl sites for hydroxylation is 1. The van der Waals surface area contributed by atoms with E-state index < -0.39 is 4.92 Å². The van der Waals surface area contributed by atoms with Crippen molar-refractivity contribution in [1.82, 2.24) is 0 Å². The SMILES string of the molecule is COc1ccc(C)cc1NC(=O)CNc1cccc([N+](=O)[O-])c1. The minimum atomic E-state index is -0.483. The molecule has 0 aliphatic heterocycles. The van der Waals surface area contributed by atoms with Gasteiger partial charge in [-0.15, -0.1) is 0 Å². The van der Waals surface area contributed by atoms with E-state index in [2.05, 4.69) is 10.6 Å². The minimum Gasteiger partial charge on any atom is -0.495 e. The fraction of sp³-hybridized carbons (Fsp3) is 0.188. The van der Waals surface area contributed by atoms with Crippen molar-refractivity contribution in [2.75, 3.05) is 24.3 Å². The van der Waals surface area contributed by atoms with E-state index in [0.717, 1.165) is 5.56 Å². The topological polar surface area (TPSA) is 93.5 Å². The highest BCUT2D eigenvalue weighted by Gasteiger charge is 2.09. The molecule has 23 heavy (non-hydrogen) atoms. The number of non-ortho nitro benzene ring substituents is 1. The normalized spacial score (nSPS) is 10.0. The van der Waals surface area contributed by atoms with Crippen LogP contribution in [0.2, 0.25) is 0 Å². The monoisotopic (exact) mass is 315 g/mol. The predicted molar refractivity (Wildman–Crippen MR) is 87.9 cm³/mol. The van der Waals surface area contributed by atoms with Gasteiger partial charge in [0.05, 0.1) is 24.3 Å². The number of methoxy groups -OCH3 is 1. The molecule has 2 aromatic rings. The van der Waals surface area contributed by atoms with Crippen molar-refractivity contribution in [1.29, 1.82) is 0 Å². The van der Waals surface area contributed by atoms with Crippen molar-refractivity contribution in [2.45, 2.75) is 6.92 Å². The Balaban J connectivity index is 1.99. The number of benzene rings is 2. The number of nitro groups is 1. The second-order valence-corrected chi connectivity index (χ2v) is 4.91. The average molecular weight is 315 g/mol. The maximum atomic E-state index is 12.0. The van der Waals surface area contributed by atoms with Crippen LogP contribution in [-0.2, 0) is 4.79 Å². The molecule has 0 radical (unpaired) electrons. The largest absolute Gasteiger partial charge is 0.495 e. The second kappa shape index (κ2) is 7.26. The number of nitrogens with zero attached hydrogens (tertiary/aromatic N) is 1. The first-order valence-corrected chi connectivity index (χ1v) is 6.92. The second-order valence-electron chi connectivity index (χ2n) is 4.91. The summed E-state index contributed by atoms with van der Waals surface area (Å²) in [6.45, 7) is 1.90.